The number of benzene rings is 1. The Labute approximate surface area is 126 Å². The summed E-state index contributed by atoms with van der Waals surface area (Å²) in [4.78, 5) is 15.3. The lowest BCUT2D eigenvalue weighted by Crippen LogP contribution is -2.04. The fraction of sp³-hybridized carbons (Fsp3) is 0.0625. The second-order valence-corrected chi connectivity index (χ2v) is 4.57. The van der Waals surface area contributed by atoms with Gasteiger partial charge in [-0.15, -0.1) is 0 Å². The largest absolute Gasteiger partial charge is 0.497 e. The van der Waals surface area contributed by atoms with Crippen LogP contribution in [0.4, 0.5) is 0 Å². The van der Waals surface area contributed by atoms with Crippen LogP contribution < -0.4 is 4.74 Å². The summed E-state index contributed by atoms with van der Waals surface area (Å²) >= 11 is 0. The molecule has 0 unspecified atom stereocenters. The Bertz CT molecular complexity index is 827. The number of carbonyl (C=O) groups is 1. The first-order chi connectivity index (χ1) is 10.7. The van der Waals surface area contributed by atoms with E-state index in [4.69, 9.17) is 9.84 Å². The van der Waals surface area contributed by atoms with E-state index in [1.54, 1.807) is 18.0 Å². The third-order valence-electron chi connectivity index (χ3n) is 3.22. The number of carboxylic acid groups (broad SMARTS) is 1. The van der Waals surface area contributed by atoms with Crippen molar-refractivity contribution in [3.8, 4) is 22.8 Å². The number of aromatic carboxylic acids is 1. The minimum atomic E-state index is -1.00. The van der Waals surface area contributed by atoms with Crippen molar-refractivity contribution >= 4 is 5.97 Å². The Morgan fingerprint density at radius 3 is 2.82 bits per heavy atom. The molecule has 0 aliphatic heterocycles. The molecule has 0 fully saturated rings. The van der Waals surface area contributed by atoms with Gasteiger partial charge in [-0.05, 0) is 30.3 Å². The monoisotopic (exact) mass is 295 g/mol. The average molecular weight is 295 g/mol. The highest BCUT2D eigenvalue weighted by Gasteiger charge is 2.11. The molecular formula is C16H13N3O3. The Hall–Kier alpha value is -3.15. The molecule has 22 heavy (non-hydrogen) atoms. The van der Waals surface area contributed by atoms with Gasteiger partial charge < -0.3 is 9.84 Å². The maximum atomic E-state index is 11.1. The van der Waals surface area contributed by atoms with Crippen LogP contribution in [0.5, 0.6) is 5.75 Å². The highest BCUT2D eigenvalue weighted by atomic mass is 16.5. The first kappa shape index (κ1) is 13.8. The molecule has 1 N–H and O–H groups in total. The normalized spacial score (nSPS) is 10.4. The van der Waals surface area contributed by atoms with Gasteiger partial charge in [0.1, 0.15) is 5.75 Å². The lowest BCUT2D eigenvalue weighted by Gasteiger charge is -2.08. The zero-order chi connectivity index (χ0) is 15.5. The van der Waals surface area contributed by atoms with Crippen molar-refractivity contribution in [1.82, 2.24) is 14.8 Å². The molecule has 6 heteroatoms. The van der Waals surface area contributed by atoms with Crippen LogP contribution in [0, 0.1) is 0 Å². The predicted octanol–water partition coefficient (Wildman–Crippen LogP) is 2.64. The van der Waals surface area contributed by atoms with Gasteiger partial charge in [0, 0.05) is 11.8 Å². The summed E-state index contributed by atoms with van der Waals surface area (Å²) in [5.74, 6) is 0.180. The lowest BCUT2D eigenvalue weighted by atomic mass is 10.1. The zero-order valence-electron chi connectivity index (χ0n) is 11.8. The van der Waals surface area contributed by atoms with E-state index in [0.717, 1.165) is 17.0 Å². The number of methoxy groups -OCH3 is 1. The number of pyridine rings is 1. The molecule has 0 radical (unpaired) electrons. The van der Waals surface area contributed by atoms with Gasteiger partial charge in [0.2, 0.25) is 0 Å². The van der Waals surface area contributed by atoms with Crippen LogP contribution in [0.25, 0.3) is 17.1 Å². The number of carboxylic acids is 1. The fourth-order valence-electron chi connectivity index (χ4n) is 2.15. The van der Waals surface area contributed by atoms with E-state index < -0.39 is 5.97 Å². The smallest absolute Gasteiger partial charge is 0.335 e. The molecule has 0 aliphatic carbocycles. The first-order valence-electron chi connectivity index (χ1n) is 6.57. The van der Waals surface area contributed by atoms with Gasteiger partial charge in [-0.2, -0.15) is 5.10 Å². The van der Waals surface area contributed by atoms with Crippen LogP contribution in [-0.2, 0) is 0 Å². The van der Waals surface area contributed by atoms with Gasteiger partial charge >= 0.3 is 5.97 Å². The molecule has 1 aromatic carbocycles. The number of hydrogen-bond donors (Lipinski definition) is 1. The minimum absolute atomic E-state index is 0.164. The zero-order valence-corrected chi connectivity index (χ0v) is 11.8. The van der Waals surface area contributed by atoms with Crippen molar-refractivity contribution in [3.05, 3.63) is 60.4 Å². The van der Waals surface area contributed by atoms with Crippen LogP contribution in [-0.4, -0.2) is 33.0 Å². The number of nitrogens with zero attached hydrogens (tertiary/aromatic N) is 3. The van der Waals surface area contributed by atoms with Crippen LogP contribution >= 0.6 is 0 Å². The van der Waals surface area contributed by atoms with Crippen molar-refractivity contribution in [2.24, 2.45) is 0 Å². The summed E-state index contributed by atoms with van der Waals surface area (Å²) in [7, 11) is 1.61. The molecule has 0 saturated carbocycles. The first-order valence-corrected chi connectivity index (χ1v) is 6.57. The SMILES string of the molecule is COc1cccc(-c2ccnn2-c2cc(C(=O)O)ccn2)c1. The third-order valence-corrected chi connectivity index (χ3v) is 3.22. The van der Waals surface area contributed by atoms with E-state index in [-0.39, 0.29) is 5.56 Å². The van der Waals surface area contributed by atoms with E-state index in [0.29, 0.717) is 5.82 Å². The molecule has 110 valence electrons. The van der Waals surface area contributed by atoms with Gasteiger partial charge in [0.05, 0.1) is 24.6 Å². The maximum Gasteiger partial charge on any atom is 0.335 e. The van der Waals surface area contributed by atoms with Crippen LogP contribution in [0.15, 0.2) is 54.9 Å². The Kier molecular flexibility index (Phi) is 3.57. The van der Waals surface area contributed by atoms with Crippen molar-refractivity contribution in [2.75, 3.05) is 7.11 Å². The molecule has 0 spiro atoms. The number of aromatic nitrogens is 3. The van der Waals surface area contributed by atoms with Crippen molar-refractivity contribution in [3.63, 3.8) is 0 Å². The summed E-state index contributed by atoms with van der Waals surface area (Å²) < 4.78 is 6.82. The predicted molar refractivity (Wildman–Crippen MR) is 80.3 cm³/mol. The van der Waals surface area contributed by atoms with E-state index >= 15 is 0 Å². The number of rotatable bonds is 4. The lowest BCUT2D eigenvalue weighted by molar-refractivity contribution is 0.0696. The Morgan fingerprint density at radius 1 is 1.18 bits per heavy atom. The molecule has 3 rings (SSSR count). The maximum absolute atomic E-state index is 11.1. The highest BCUT2D eigenvalue weighted by molar-refractivity contribution is 5.88. The summed E-state index contributed by atoms with van der Waals surface area (Å²) in [6.07, 6.45) is 3.10. The summed E-state index contributed by atoms with van der Waals surface area (Å²) in [6, 6.07) is 12.3. The van der Waals surface area contributed by atoms with Crippen LogP contribution in [0.3, 0.4) is 0 Å². The van der Waals surface area contributed by atoms with Gasteiger partial charge in [-0.3, -0.25) is 0 Å². The van der Waals surface area contributed by atoms with Gasteiger partial charge in [0.25, 0.3) is 0 Å². The molecular weight excluding hydrogens is 282 g/mol. The van der Waals surface area contributed by atoms with E-state index in [1.165, 1.54) is 18.3 Å². The Morgan fingerprint density at radius 2 is 2.05 bits per heavy atom. The topological polar surface area (TPSA) is 77.2 Å². The standard InChI is InChI=1S/C16H13N3O3/c1-22-13-4-2-3-11(9-13)14-6-8-18-19(14)15-10-12(16(20)21)5-7-17-15/h2-10H,1H3,(H,20,21). The summed E-state index contributed by atoms with van der Waals surface area (Å²) in [6.45, 7) is 0. The summed E-state index contributed by atoms with van der Waals surface area (Å²) in [5.41, 5.74) is 1.87. The van der Waals surface area contributed by atoms with Gasteiger partial charge in [0.15, 0.2) is 5.82 Å². The van der Waals surface area contributed by atoms with E-state index in [9.17, 15) is 4.79 Å². The summed E-state index contributed by atoms with van der Waals surface area (Å²) in [5, 5.41) is 13.3. The van der Waals surface area contributed by atoms with E-state index in [1.807, 2.05) is 30.3 Å². The van der Waals surface area contributed by atoms with Crippen molar-refractivity contribution in [2.45, 2.75) is 0 Å². The number of hydrogen-bond acceptors (Lipinski definition) is 4. The Balaban J connectivity index is 2.09. The van der Waals surface area contributed by atoms with E-state index in [2.05, 4.69) is 10.1 Å². The van der Waals surface area contributed by atoms with Crippen LogP contribution in [0.1, 0.15) is 10.4 Å². The van der Waals surface area contributed by atoms with Crippen molar-refractivity contribution < 1.29 is 14.6 Å². The second kappa shape index (κ2) is 5.69. The highest BCUT2D eigenvalue weighted by Crippen LogP contribution is 2.25. The third kappa shape index (κ3) is 2.54. The van der Waals surface area contributed by atoms with Gasteiger partial charge in [-0.1, -0.05) is 12.1 Å². The molecule has 0 bridgehead atoms. The molecule has 0 amide bonds. The molecule has 0 atom stereocenters. The molecule has 2 aromatic heterocycles. The average Bonchev–Trinajstić information content (AvgIpc) is 3.04. The van der Waals surface area contributed by atoms with Crippen LogP contribution in [0.2, 0.25) is 0 Å². The van der Waals surface area contributed by atoms with Gasteiger partial charge in [-0.25, -0.2) is 14.5 Å². The molecule has 2 heterocycles. The molecule has 0 saturated heterocycles. The van der Waals surface area contributed by atoms with Crippen molar-refractivity contribution in [1.29, 1.82) is 0 Å². The molecule has 0 aliphatic rings. The molecule has 3 aromatic rings. The molecule has 6 nitrogen and oxygen atoms in total. The fourth-order valence-corrected chi connectivity index (χ4v) is 2.15. The second-order valence-electron chi connectivity index (χ2n) is 4.57. The quantitative estimate of drug-likeness (QED) is 0.800. The minimum Gasteiger partial charge on any atom is -0.497 e. The number of ether oxygens (including phenoxy) is 1.